The minimum Gasteiger partial charge on any atom is -0.446 e. The Kier molecular flexibility index (Phi) is 5.99. The quantitative estimate of drug-likeness (QED) is 0.710. The molecule has 2 amide bonds. The molecule has 1 aliphatic heterocycles. The van der Waals surface area contributed by atoms with Gasteiger partial charge in [0.1, 0.15) is 17.5 Å². The van der Waals surface area contributed by atoms with Crippen molar-refractivity contribution in [3.63, 3.8) is 0 Å². The van der Waals surface area contributed by atoms with E-state index in [-0.39, 0.29) is 35.9 Å². The summed E-state index contributed by atoms with van der Waals surface area (Å²) in [7, 11) is 0. The molecule has 2 fully saturated rings. The van der Waals surface area contributed by atoms with E-state index in [2.05, 4.69) is 16.5 Å². The fraction of sp³-hybridized carbons (Fsp3) is 0.455. The molecule has 3 atom stereocenters. The number of nitrogens with zero attached hydrogens (tertiary/aromatic N) is 4. The predicted molar refractivity (Wildman–Crippen MR) is 113 cm³/mol. The summed E-state index contributed by atoms with van der Waals surface area (Å²) in [6.07, 6.45) is 3.61. The van der Waals surface area contributed by atoms with Gasteiger partial charge in [0.15, 0.2) is 5.82 Å². The lowest BCUT2D eigenvalue weighted by atomic mass is 9.94. The zero-order chi connectivity index (χ0) is 22.8. The van der Waals surface area contributed by atoms with Crippen LogP contribution in [0.2, 0.25) is 0 Å². The van der Waals surface area contributed by atoms with Gasteiger partial charge in [-0.05, 0) is 56.4 Å². The number of amides is 2. The molecule has 0 bridgehead atoms. The molecule has 2 heterocycles. The number of halogens is 1. The number of hydrogen-bond acceptors (Lipinski definition) is 6. The van der Waals surface area contributed by atoms with Gasteiger partial charge in [0.05, 0.1) is 18.0 Å². The van der Waals surface area contributed by atoms with Gasteiger partial charge in [-0.1, -0.05) is 0 Å². The van der Waals surface area contributed by atoms with Crippen LogP contribution in [0.4, 0.5) is 20.7 Å². The van der Waals surface area contributed by atoms with Crippen LogP contribution >= 0.6 is 0 Å². The number of anilines is 2. The summed E-state index contributed by atoms with van der Waals surface area (Å²) in [6.45, 7) is 2.52. The molecule has 3 N–H and O–H groups in total. The van der Waals surface area contributed by atoms with Crippen LogP contribution in [-0.4, -0.2) is 45.9 Å². The molecule has 1 aromatic carbocycles. The third kappa shape index (κ3) is 4.66. The summed E-state index contributed by atoms with van der Waals surface area (Å²) in [4.78, 5) is 26.0. The highest BCUT2D eigenvalue weighted by Crippen LogP contribution is 2.35. The van der Waals surface area contributed by atoms with Crippen molar-refractivity contribution in [1.29, 1.82) is 5.26 Å². The number of nitrogens with two attached hydrogens (primary N) is 1. The first-order valence-corrected chi connectivity index (χ1v) is 10.6. The van der Waals surface area contributed by atoms with E-state index in [4.69, 9.17) is 10.5 Å². The van der Waals surface area contributed by atoms with Gasteiger partial charge in [-0.25, -0.2) is 9.18 Å². The molecule has 0 spiro atoms. The maximum Gasteiger partial charge on any atom is 0.410 e. The van der Waals surface area contributed by atoms with Crippen molar-refractivity contribution in [2.45, 2.75) is 38.3 Å². The molecular weight excluding hydrogens is 415 g/mol. The summed E-state index contributed by atoms with van der Waals surface area (Å²) in [5, 5.41) is 17.2. The van der Waals surface area contributed by atoms with Crippen LogP contribution in [0.3, 0.4) is 0 Å². The molecule has 2 aliphatic rings. The van der Waals surface area contributed by atoms with Crippen LogP contribution < -0.4 is 11.1 Å². The van der Waals surface area contributed by atoms with Crippen molar-refractivity contribution in [1.82, 2.24) is 14.7 Å². The number of carbonyl (C=O) groups excluding carboxylic acids is 2. The highest BCUT2D eigenvalue weighted by Gasteiger charge is 2.37. The molecule has 0 radical (unpaired) electrons. The average molecular weight is 440 g/mol. The highest BCUT2D eigenvalue weighted by molar-refractivity contribution is 5.98. The Morgan fingerprint density at radius 2 is 2.03 bits per heavy atom. The Bertz CT molecular complexity index is 1040. The second-order valence-electron chi connectivity index (χ2n) is 8.33. The van der Waals surface area contributed by atoms with Gasteiger partial charge >= 0.3 is 6.09 Å². The lowest BCUT2D eigenvalue weighted by Gasteiger charge is -2.35. The van der Waals surface area contributed by atoms with Crippen molar-refractivity contribution >= 4 is 23.5 Å². The molecule has 4 rings (SSSR count). The highest BCUT2D eigenvalue weighted by atomic mass is 19.1. The number of hydrogen-bond donors (Lipinski definition) is 2. The molecule has 168 valence electrons. The van der Waals surface area contributed by atoms with Gasteiger partial charge in [-0.2, -0.15) is 10.4 Å². The number of carbonyl (C=O) groups is 2. The normalized spacial score (nSPS) is 21.5. The Labute approximate surface area is 184 Å². The fourth-order valence-corrected chi connectivity index (χ4v) is 3.95. The zero-order valence-corrected chi connectivity index (χ0v) is 17.7. The van der Waals surface area contributed by atoms with E-state index in [9.17, 15) is 19.2 Å². The third-order valence-corrected chi connectivity index (χ3v) is 6.02. The molecule has 1 saturated heterocycles. The van der Waals surface area contributed by atoms with E-state index in [0.717, 1.165) is 12.8 Å². The minimum absolute atomic E-state index is 0.120. The largest absolute Gasteiger partial charge is 0.446 e. The topological polar surface area (TPSA) is 126 Å². The molecule has 32 heavy (non-hydrogen) atoms. The molecule has 10 heteroatoms. The third-order valence-electron chi connectivity index (χ3n) is 6.02. The van der Waals surface area contributed by atoms with Crippen LogP contribution in [0.15, 0.2) is 30.5 Å². The summed E-state index contributed by atoms with van der Waals surface area (Å²) in [6, 6.07) is 7.52. The monoisotopic (exact) mass is 440 g/mol. The lowest BCUT2D eigenvalue weighted by molar-refractivity contribution is 0.0453. The number of piperidine rings is 1. The van der Waals surface area contributed by atoms with Gasteiger partial charge in [-0.3, -0.25) is 9.48 Å². The number of likely N-dealkylation sites (tertiary alicyclic amines) is 1. The molecule has 1 saturated carbocycles. The van der Waals surface area contributed by atoms with Crippen molar-refractivity contribution in [3.8, 4) is 6.07 Å². The van der Waals surface area contributed by atoms with Crippen molar-refractivity contribution in [3.05, 3.63) is 41.8 Å². The van der Waals surface area contributed by atoms with E-state index in [0.29, 0.717) is 24.6 Å². The summed E-state index contributed by atoms with van der Waals surface area (Å²) in [5.41, 5.74) is 6.21. The Hall–Kier alpha value is -3.61. The molecular formula is C22H25FN6O3. The minimum atomic E-state index is -0.676. The maximum atomic E-state index is 13.2. The first kappa shape index (κ1) is 21.6. The Balaban J connectivity index is 1.49. The summed E-state index contributed by atoms with van der Waals surface area (Å²) in [5.74, 6) is -0.936. The predicted octanol–water partition coefficient (Wildman–Crippen LogP) is 3.19. The standard InChI is InChI=1S/C22H25FN6O3/c1-13(14-2-3-14)32-22(31)28-9-8-19(15(10-24)11-28)29-12-18(20(25)30)21(27-29)26-17-6-4-16(23)5-7-17/h4-7,12-15,19H,2-3,8-9,11H2,1H3,(H2,25,30)(H,26,27). The second-order valence-corrected chi connectivity index (χ2v) is 8.33. The zero-order valence-electron chi connectivity index (χ0n) is 17.7. The van der Waals surface area contributed by atoms with E-state index in [1.54, 1.807) is 9.58 Å². The number of ether oxygens (including phenoxy) is 1. The Morgan fingerprint density at radius 1 is 1.31 bits per heavy atom. The van der Waals surface area contributed by atoms with Crippen LogP contribution in [0, 0.1) is 29.0 Å². The van der Waals surface area contributed by atoms with Crippen molar-refractivity contribution < 1.29 is 18.7 Å². The molecule has 3 unspecified atom stereocenters. The molecule has 9 nitrogen and oxygen atoms in total. The number of benzene rings is 1. The van der Waals surface area contributed by atoms with Gasteiger partial charge in [0.25, 0.3) is 5.91 Å². The second kappa shape index (κ2) is 8.86. The van der Waals surface area contributed by atoms with E-state index in [1.165, 1.54) is 30.5 Å². The molecule has 2 aromatic rings. The van der Waals surface area contributed by atoms with Gasteiger partial charge in [0.2, 0.25) is 0 Å². The van der Waals surface area contributed by atoms with Gasteiger partial charge in [-0.15, -0.1) is 0 Å². The van der Waals surface area contributed by atoms with Crippen molar-refractivity contribution in [2.75, 3.05) is 18.4 Å². The fourth-order valence-electron chi connectivity index (χ4n) is 3.95. The number of primary amides is 1. The first-order chi connectivity index (χ1) is 15.4. The summed E-state index contributed by atoms with van der Waals surface area (Å²) < 4.78 is 20.3. The lowest BCUT2D eigenvalue weighted by Crippen LogP contribution is -2.45. The van der Waals surface area contributed by atoms with Crippen LogP contribution in [0.5, 0.6) is 0 Å². The average Bonchev–Trinajstić information content (AvgIpc) is 3.55. The van der Waals surface area contributed by atoms with Crippen LogP contribution in [-0.2, 0) is 4.74 Å². The van der Waals surface area contributed by atoms with Crippen molar-refractivity contribution in [2.24, 2.45) is 17.6 Å². The SMILES string of the molecule is CC(OC(=O)N1CCC(n2cc(C(N)=O)c(Nc3ccc(F)cc3)n2)C(C#N)C1)C1CC1. The molecule has 1 aromatic heterocycles. The van der Waals surface area contributed by atoms with Crippen LogP contribution in [0.1, 0.15) is 42.6 Å². The van der Waals surface area contributed by atoms with Gasteiger partial charge in [0, 0.05) is 25.0 Å². The smallest absolute Gasteiger partial charge is 0.410 e. The van der Waals surface area contributed by atoms with E-state index < -0.39 is 17.9 Å². The number of aromatic nitrogens is 2. The molecule has 1 aliphatic carbocycles. The first-order valence-electron chi connectivity index (χ1n) is 10.6. The van der Waals surface area contributed by atoms with E-state index in [1.807, 2.05) is 6.92 Å². The van der Waals surface area contributed by atoms with Gasteiger partial charge < -0.3 is 20.7 Å². The maximum absolute atomic E-state index is 13.2. The number of nitriles is 1. The van der Waals surface area contributed by atoms with E-state index >= 15 is 0 Å². The Morgan fingerprint density at radius 3 is 2.66 bits per heavy atom. The number of nitrogens with one attached hydrogen (secondary N) is 1. The number of rotatable bonds is 6. The van der Waals surface area contributed by atoms with Crippen LogP contribution in [0.25, 0.3) is 0 Å². The summed E-state index contributed by atoms with van der Waals surface area (Å²) >= 11 is 0.